The number of hydrogen-bond acceptors (Lipinski definition) is 6. The average Bonchev–Trinajstić information content (AvgIpc) is 3.34. The van der Waals surface area contributed by atoms with Crippen LogP contribution in [0.4, 0.5) is 0 Å². The molecule has 0 atom stereocenters. The van der Waals surface area contributed by atoms with Gasteiger partial charge in [0.2, 0.25) is 5.91 Å². The summed E-state index contributed by atoms with van der Waals surface area (Å²) in [5.74, 6) is 2.64. The Kier molecular flexibility index (Phi) is 6.38. The van der Waals surface area contributed by atoms with E-state index in [2.05, 4.69) is 10.2 Å². The lowest BCUT2D eigenvalue weighted by Crippen LogP contribution is -2.29. The molecule has 2 aromatic rings. The fourth-order valence-corrected chi connectivity index (χ4v) is 3.84. The number of carbonyl (C=O) groups excluding carboxylic acids is 1. The molecular formula is C18H24N4O3S. The maximum absolute atomic E-state index is 12.2. The van der Waals surface area contributed by atoms with Crippen molar-refractivity contribution < 1.29 is 14.3 Å². The summed E-state index contributed by atoms with van der Waals surface area (Å²) < 4.78 is 13.1. The second-order valence-electron chi connectivity index (χ2n) is 5.96. The third-order valence-corrected chi connectivity index (χ3v) is 5.27. The summed E-state index contributed by atoms with van der Waals surface area (Å²) in [7, 11) is 1.61. The second-order valence-corrected chi connectivity index (χ2v) is 6.90. The summed E-state index contributed by atoms with van der Waals surface area (Å²) in [6, 6.07) is 7.50. The maximum atomic E-state index is 12.2. The van der Waals surface area contributed by atoms with E-state index >= 15 is 0 Å². The van der Waals surface area contributed by atoms with Crippen molar-refractivity contribution in [3.63, 3.8) is 0 Å². The van der Waals surface area contributed by atoms with Crippen LogP contribution in [0.5, 0.6) is 11.5 Å². The van der Waals surface area contributed by atoms with Crippen molar-refractivity contribution in [3.05, 3.63) is 30.1 Å². The Morgan fingerprint density at radius 3 is 2.62 bits per heavy atom. The smallest absolute Gasteiger partial charge is 0.233 e. The second kappa shape index (κ2) is 8.93. The van der Waals surface area contributed by atoms with Crippen molar-refractivity contribution in [1.29, 1.82) is 0 Å². The highest BCUT2D eigenvalue weighted by molar-refractivity contribution is 7.99. The number of ether oxygens (including phenoxy) is 2. The number of para-hydroxylation sites is 2. The van der Waals surface area contributed by atoms with Gasteiger partial charge in [0.1, 0.15) is 6.61 Å². The molecule has 0 N–H and O–H groups in total. The maximum Gasteiger partial charge on any atom is 0.233 e. The predicted octanol–water partition coefficient (Wildman–Crippen LogP) is 2.60. The summed E-state index contributed by atoms with van der Waals surface area (Å²) in [5.41, 5.74) is 0. The van der Waals surface area contributed by atoms with Crippen molar-refractivity contribution in [2.24, 2.45) is 0 Å². The highest BCUT2D eigenvalue weighted by Gasteiger charge is 2.20. The molecule has 2 heterocycles. The lowest BCUT2D eigenvalue weighted by molar-refractivity contribution is -0.127. The van der Waals surface area contributed by atoms with E-state index in [4.69, 9.17) is 9.47 Å². The molecule has 26 heavy (non-hydrogen) atoms. The van der Waals surface area contributed by atoms with Gasteiger partial charge in [-0.2, -0.15) is 0 Å². The van der Waals surface area contributed by atoms with E-state index < -0.39 is 0 Å². The van der Waals surface area contributed by atoms with Crippen LogP contribution in [0.1, 0.15) is 25.6 Å². The van der Waals surface area contributed by atoms with Gasteiger partial charge in [0.15, 0.2) is 22.5 Å². The number of aromatic nitrogens is 3. The number of methoxy groups -OCH3 is 1. The fourth-order valence-electron chi connectivity index (χ4n) is 2.91. The monoisotopic (exact) mass is 376 g/mol. The van der Waals surface area contributed by atoms with Crippen LogP contribution in [0.25, 0.3) is 0 Å². The fraction of sp³-hybridized carbons (Fsp3) is 0.500. The van der Waals surface area contributed by atoms with Gasteiger partial charge in [-0.3, -0.25) is 4.79 Å². The van der Waals surface area contributed by atoms with Gasteiger partial charge in [-0.25, -0.2) is 0 Å². The Labute approximate surface area is 157 Å². The molecule has 1 aliphatic rings. The average molecular weight is 376 g/mol. The minimum atomic E-state index is 0.171. The van der Waals surface area contributed by atoms with E-state index in [9.17, 15) is 4.79 Å². The molecule has 140 valence electrons. The normalized spacial score (nSPS) is 13.8. The van der Waals surface area contributed by atoms with Gasteiger partial charge >= 0.3 is 0 Å². The largest absolute Gasteiger partial charge is 0.493 e. The Balaban J connectivity index is 1.61. The van der Waals surface area contributed by atoms with Crippen molar-refractivity contribution in [1.82, 2.24) is 19.7 Å². The molecule has 1 aromatic carbocycles. The predicted molar refractivity (Wildman–Crippen MR) is 99.6 cm³/mol. The van der Waals surface area contributed by atoms with Gasteiger partial charge in [0.25, 0.3) is 0 Å². The molecule has 0 radical (unpaired) electrons. The van der Waals surface area contributed by atoms with Crippen LogP contribution in [-0.2, 0) is 17.9 Å². The molecule has 1 aromatic heterocycles. The summed E-state index contributed by atoms with van der Waals surface area (Å²) in [4.78, 5) is 14.1. The number of likely N-dealkylation sites (tertiary alicyclic amines) is 1. The first kappa shape index (κ1) is 18.6. The summed E-state index contributed by atoms with van der Waals surface area (Å²) >= 11 is 1.43. The number of nitrogens with zero attached hydrogens (tertiary/aromatic N) is 4. The van der Waals surface area contributed by atoms with Gasteiger partial charge in [0, 0.05) is 19.6 Å². The van der Waals surface area contributed by atoms with Crippen LogP contribution in [0.3, 0.4) is 0 Å². The molecule has 1 fully saturated rings. The number of hydrogen-bond donors (Lipinski definition) is 0. The molecule has 0 spiro atoms. The first-order valence-electron chi connectivity index (χ1n) is 8.81. The SMILES string of the molecule is CCn1c(COc2ccccc2OC)nnc1SCC(=O)N1CCCC1. The first-order valence-corrected chi connectivity index (χ1v) is 9.80. The van der Waals surface area contributed by atoms with Crippen LogP contribution >= 0.6 is 11.8 Å². The standard InChI is InChI=1S/C18H24N4O3S/c1-3-22-16(12-25-15-9-5-4-8-14(15)24-2)19-20-18(22)26-13-17(23)21-10-6-7-11-21/h4-5,8-9H,3,6-7,10-13H2,1-2H3. The molecule has 0 bridgehead atoms. The molecule has 0 aliphatic carbocycles. The van der Waals surface area contributed by atoms with Crippen LogP contribution in [0, 0.1) is 0 Å². The van der Waals surface area contributed by atoms with E-state index in [1.54, 1.807) is 7.11 Å². The molecule has 0 unspecified atom stereocenters. The van der Waals surface area contributed by atoms with Crippen molar-refractivity contribution in [3.8, 4) is 11.5 Å². The first-order chi connectivity index (χ1) is 12.7. The van der Waals surface area contributed by atoms with E-state index in [0.717, 1.165) is 43.5 Å². The van der Waals surface area contributed by atoms with Gasteiger partial charge < -0.3 is 18.9 Å². The molecular weight excluding hydrogens is 352 g/mol. The van der Waals surface area contributed by atoms with Crippen LogP contribution in [0.2, 0.25) is 0 Å². The Morgan fingerprint density at radius 2 is 1.92 bits per heavy atom. The van der Waals surface area contributed by atoms with E-state index in [0.29, 0.717) is 23.9 Å². The van der Waals surface area contributed by atoms with E-state index in [1.165, 1.54) is 11.8 Å². The zero-order valence-electron chi connectivity index (χ0n) is 15.2. The number of carbonyl (C=O) groups is 1. The zero-order valence-corrected chi connectivity index (χ0v) is 16.0. The van der Waals surface area contributed by atoms with E-state index in [1.807, 2.05) is 40.7 Å². The number of amides is 1. The molecule has 3 rings (SSSR count). The van der Waals surface area contributed by atoms with Gasteiger partial charge in [-0.1, -0.05) is 23.9 Å². The van der Waals surface area contributed by atoms with Crippen LogP contribution < -0.4 is 9.47 Å². The van der Waals surface area contributed by atoms with Crippen molar-refractivity contribution in [2.45, 2.75) is 38.1 Å². The zero-order chi connectivity index (χ0) is 18.4. The van der Waals surface area contributed by atoms with Gasteiger partial charge in [0.05, 0.1) is 12.9 Å². The summed E-state index contributed by atoms with van der Waals surface area (Å²) in [5, 5.41) is 9.22. The molecule has 1 saturated heterocycles. The summed E-state index contributed by atoms with van der Waals surface area (Å²) in [6.45, 7) is 4.79. The summed E-state index contributed by atoms with van der Waals surface area (Å²) in [6.07, 6.45) is 2.21. The number of rotatable bonds is 8. The molecule has 1 amide bonds. The molecule has 7 nitrogen and oxygen atoms in total. The van der Waals surface area contributed by atoms with Crippen molar-refractivity contribution in [2.75, 3.05) is 26.0 Å². The Bertz CT molecular complexity index is 744. The lowest BCUT2D eigenvalue weighted by atomic mass is 10.3. The topological polar surface area (TPSA) is 69.5 Å². The van der Waals surface area contributed by atoms with Crippen LogP contribution in [-0.4, -0.2) is 51.5 Å². The highest BCUT2D eigenvalue weighted by atomic mass is 32.2. The van der Waals surface area contributed by atoms with Crippen molar-refractivity contribution >= 4 is 17.7 Å². The molecule has 0 saturated carbocycles. The van der Waals surface area contributed by atoms with Gasteiger partial charge in [-0.05, 0) is 31.9 Å². The number of benzene rings is 1. The van der Waals surface area contributed by atoms with E-state index in [-0.39, 0.29) is 5.91 Å². The quantitative estimate of drug-likeness (QED) is 0.660. The third kappa shape index (κ3) is 4.30. The van der Waals surface area contributed by atoms with Gasteiger partial charge in [-0.15, -0.1) is 10.2 Å². The highest BCUT2D eigenvalue weighted by Crippen LogP contribution is 2.27. The van der Waals surface area contributed by atoms with Crippen LogP contribution in [0.15, 0.2) is 29.4 Å². The minimum absolute atomic E-state index is 0.171. The molecule has 8 heteroatoms. The molecule has 1 aliphatic heterocycles. The Morgan fingerprint density at radius 1 is 1.19 bits per heavy atom. The Hall–Kier alpha value is -2.22. The minimum Gasteiger partial charge on any atom is -0.493 e. The third-order valence-electron chi connectivity index (χ3n) is 4.32. The number of thioether (sulfide) groups is 1. The lowest BCUT2D eigenvalue weighted by Gasteiger charge is -2.14.